The fourth-order valence-electron chi connectivity index (χ4n) is 1.82. The number of carbonyl (C=O) groups is 1. The van der Waals surface area contributed by atoms with Gasteiger partial charge < -0.3 is 21.9 Å². The van der Waals surface area contributed by atoms with Crippen molar-refractivity contribution >= 4 is 49.8 Å². The number of benzene rings is 2. The molecular weight excluding hydrogens is 490 g/mol. The maximum Gasteiger partial charge on any atom is 0.343 e. The van der Waals surface area contributed by atoms with Gasteiger partial charge >= 0.3 is 5.97 Å². The highest BCUT2D eigenvalue weighted by Crippen LogP contribution is 2.17. The molecule has 0 aliphatic rings. The normalized spacial score (nSPS) is 10.7. The average molecular weight is 516 g/mol. The van der Waals surface area contributed by atoms with Gasteiger partial charge in [-0.05, 0) is 48.0 Å². The van der Waals surface area contributed by atoms with E-state index in [4.69, 9.17) is 36.5 Å². The summed E-state index contributed by atoms with van der Waals surface area (Å²) in [5.41, 5.74) is 17.6. The van der Waals surface area contributed by atoms with Crippen LogP contribution in [0.15, 0.2) is 59.6 Å². The van der Waals surface area contributed by atoms with Crippen LogP contribution in [0.25, 0.3) is 6.08 Å². The highest BCUT2D eigenvalue weighted by Gasteiger charge is 2.08. The van der Waals surface area contributed by atoms with Crippen molar-refractivity contribution in [1.82, 2.24) is 0 Å². The maximum absolute atomic E-state index is 12.1. The Hall–Kier alpha value is -3.79. The molecule has 0 bridgehead atoms. The zero-order chi connectivity index (χ0) is 26.5. The molecule has 186 valence electrons. The molecule has 0 spiro atoms. The second kappa shape index (κ2) is 13.7. The molecule has 0 fully saturated rings. The number of carbonyl (C=O) groups excluding carboxylic acids is 1. The molecule has 0 amide bonds. The predicted octanol–water partition coefficient (Wildman–Crippen LogP) is 0.768. The molecule has 0 saturated heterocycles. The first-order valence-electron chi connectivity index (χ1n) is 8.83. The van der Waals surface area contributed by atoms with Crippen LogP contribution in [-0.2, 0) is 20.2 Å². The number of ether oxygens (including phenoxy) is 1. The fraction of sp³-hybridized carbons (Fsp3) is 0.105. The number of amidine groups is 1. The molecule has 0 aliphatic carbocycles. The van der Waals surface area contributed by atoms with Gasteiger partial charge in [-0.1, -0.05) is 18.2 Å². The van der Waals surface area contributed by atoms with Crippen molar-refractivity contribution in [2.45, 2.75) is 0 Å². The molecule has 34 heavy (non-hydrogen) atoms. The van der Waals surface area contributed by atoms with Crippen LogP contribution in [0.2, 0.25) is 0 Å². The number of nitrogens with one attached hydrogen (secondary N) is 1. The van der Waals surface area contributed by atoms with Crippen LogP contribution in [0, 0.1) is 5.41 Å². The van der Waals surface area contributed by atoms with Crippen LogP contribution in [0.1, 0.15) is 15.9 Å². The Balaban J connectivity index is 0.000000916. The third kappa shape index (κ3) is 18.9. The zero-order valence-electron chi connectivity index (χ0n) is 18.1. The topological polar surface area (TPSA) is 249 Å². The Morgan fingerprint density at radius 2 is 1.35 bits per heavy atom. The summed E-state index contributed by atoms with van der Waals surface area (Å²) in [4.78, 5) is 16.0. The van der Waals surface area contributed by atoms with Crippen LogP contribution in [0.5, 0.6) is 5.75 Å². The SMILES string of the molecule is CS(=O)(=O)O.CS(=O)(=O)O.N=C(N)/C=C/c1ccc(OC(=O)c2ccc(N=C(N)N)cc2)cc1. The highest BCUT2D eigenvalue weighted by atomic mass is 32.2. The number of esters is 1. The van der Waals surface area contributed by atoms with E-state index in [1.54, 1.807) is 54.6 Å². The smallest absolute Gasteiger partial charge is 0.343 e. The molecule has 9 N–H and O–H groups in total. The lowest BCUT2D eigenvalue weighted by Crippen LogP contribution is -2.21. The second-order valence-corrected chi connectivity index (χ2v) is 9.23. The molecule has 0 radical (unpaired) electrons. The summed E-state index contributed by atoms with van der Waals surface area (Å²) >= 11 is 0. The third-order valence-corrected chi connectivity index (χ3v) is 2.91. The van der Waals surface area contributed by atoms with Gasteiger partial charge in [0.15, 0.2) is 5.96 Å². The molecule has 0 aromatic heterocycles. The van der Waals surface area contributed by atoms with Crippen LogP contribution in [-0.4, -0.2) is 56.2 Å². The van der Waals surface area contributed by atoms with E-state index in [-0.39, 0.29) is 11.8 Å². The van der Waals surface area contributed by atoms with E-state index in [1.165, 1.54) is 6.08 Å². The van der Waals surface area contributed by atoms with Gasteiger partial charge in [0.25, 0.3) is 20.2 Å². The molecule has 0 atom stereocenters. The van der Waals surface area contributed by atoms with Crippen molar-refractivity contribution in [3.63, 3.8) is 0 Å². The maximum atomic E-state index is 12.1. The minimum atomic E-state index is -3.67. The lowest BCUT2D eigenvalue weighted by atomic mass is 10.2. The Kier molecular flexibility index (Phi) is 12.2. The predicted molar refractivity (Wildman–Crippen MR) is 129 cm³/mol. The van der Waals surface area contributed by atoms with Crippen molar-refractivity contribution in [2.75, 3.05) is 12.5 Å². The van der Waals surface area contributed by atoms with E-state index in [0.29, 0.717) is 29.5 Å². The molecule has 0 saturated carbocycles. The Labute approximate surface area is 196 Å². The van der Waals surface area contributed by atoms with E-state index < -0.39 is 26.2 Å². The number of aliphatic imine (C=N–C) groups is 1. The third-order valence-electron chi connectivity index (χ3n) is 2.91. The van der Waals surface area contributed by atoms with Gasteiger partial charge in [-0.2, -0.15) is 16.8 Å². The summed E-state index contributed by atoms with van der Waals surface area (Å²) in [6.07, 6.45) is 4.59. The molecule has 0 heterocycles. The number of rotatable bonds is 5. The van der Waals surface area contributed by atoms with E-state index in [1.807, 2.05) is 0 Å². The quantitative estimate of drug-likeness (QED) is 0.107. The van der Waals surface area contributed by atoms with Crippen molar-refractivity contribution in [1.29, 1.82) is 5.41 Å². The number of guanidine groups is 1. The van der Waals surface area contributed by atoms with Crippen molar-refractivity contribution < 1.29 is 35.5 Å². The number of hydrogen-bond donors (Lipinski definition) is 6. The molecular formula is C19H25N5O8S2. The summed E-state index contributed by atoms with van der Waals surface area (Å²) < 4.78 is 57.0. The molecule has 2 aromatic carbocycles. The lowest BCUT2D eigenvalue weighted by Gasteiger charge is -2.05. The van der Waals surface area contributed by atoms with Crippen LogP contribution in [0.4, 0.5) is 5.69 Å². The molecule has 15 heteroatoms. The van der Waals surface area contributed by atoms with Gasteiger partial charge in [0, 0.05) is 0 Å². The van der Waals surface area contributed by atoms with Crippen LogP contribution in [0.3, 0.4) is 0 Å². The highest BCUT2D eigenvalue weighted by molar-refractivity contribution is 7.85. The summed E-state index contributed by atoms with van der Waals surface area (Å²) in [6, 6.07) is 13.2. The number of nitrogens with zero attached hydrogens (tertiary/aromatic N) is 1. The summed E-state index contributed by atoms with van der Waals surface area (Å²) in [7, 11) is -7.33. The first-order valence-corrected chi connectivity index (χ1v) is 12.5. The number of nitrogens with two attached hydrogens (primary N) is 3. The molecule has 0 aliphatic heterocycles. The summed E-state index contributed by atoms with van der Waals surface area (Å²) in [6.45, 7) is 0. The van der Waals surface area contributed by atoms with Gasteiger partial charge in [0.1, 0.15) is 11.6 Å². The van der Waals surface area contributed by atoms with E-state index in [0.717, 1.165) is 5.56 Å². The standard InChI is InChI=1S/C17H17N5O2.2CH4O3S/c18-15(19)10-3-11-1-8-14(9-2-11)24-16(23)12-4-6-13(7-5-12)22-17(20)21;2*1-5(2,3)4/h1-10H,(H3,18,19)(H4,20,21,22);2*1H3,(H,2,3,4)/b10-3+;;. The fourth-order valence-corrected chi connectivity index (χ4v) is 1.82. The van der Waals surface area contributed by atoms with Gasteiger partial charge in [0.05, 0.1) is 23.8 Å². The first kappa shape index (κ1) is 30.2. The zero-order valence-corrected chi connectivity index (χ0v) is 19.7. The second-order valence-electron chi connectivity index (χ2n) is 6.30. The monoisotopic (exact) mass is 515 g/mol. The van der Waals surface area contributed by atoms with Crippen molar-refractivity contribution in [3.05, 3.63) is 65.7 Å². The minimum Gasteiger partial charge on any atom is -0.423 e. The van der Waals surface area contributed by atoms with E-state index in [9.17, 15) is 21.6 Å². The van der Waals surface area contributed by atoms with Gasteiger partial charge in [0.2, 0.25) is 0 Å². The molecule has 2 aromatic rings. The number of hydrogen-bond acceptors (Lipinski definition) is 8. The summed E-state index contributed by atoms with van der Waals surface area (Å²) in [5, 5.41) is 7.13. The Morgan fingerprint density at radius 3 is 1.74 bits per heavy atom. The van der Waals surface area contributed by atoms with Crippen LogP contribution < -0.4 is 21.9 Å². The van der Waals surface area contributed by atoms with E-state index >= 15 is 0 Å². The van der Waals surface area contributed by atoms with Gasteiger partial charge in [-0.15, -0.1) is 0 Å². The largest absolute Gasteiger partial charge is 0.423 e. The van der Waals surface area contributed by atoms with Crippen molar-refractivity contribution in [2.24, 2.45) is 22.2 Å². The molecule has 13 nitrogen and oxygen atoms in total. The minimum absolute atomic E-state index is 0.0327. The van der Waals surface area contributed by atoms with Crippen LogP contribution >= 0.6 is 0 Å². The van der Waals surface area contributed by atoms with Crippen molar-refractivity contribution in [3.8, 4) is 5.75 Å². The average Bonchev–Trinajstić information content (AvgIpc) is 2.65. The van der Waals surface area contributed by atoms with E-state index in [2.05, 4.69) is 4.99 Å². The van der Waals surface area contributed by atoms with Gasteiger partial charge in [-0.3, -0.25) is 14.5 Å². The Morgan fingerprint density at radius 1 is 0.912 bits per heavy atom. The lowest BCUT2D eigenvalue weighted by molar-refractivity contribution is 0.0734. The summed E-state index contributed by atoms with van der Waals surface area (Å²) in [5.74, 6) is -0.162. The van der Waals surface area contributed by atoms with Gasteiger partial charge in [-0.25, -0.2) is 9.79 Å². The molecule has 2 rings (SSSR count). The Bertz CT molecular complexity index is 1190. The first-order chi connectivity index (χ1) is 15.4. The molecule has 0 unspecified atom stereocenters.